The Labute approximate surface area is 118 Å². The molecular weight excluding hydrogens is 299 g/mol. The van der Waals surface area contributed by atoms with Crippen LogP contribution in [-0.2, 0) is 6.61 Å². The lowest BCUT2D eigenvalue weighted by atomic mass is 10.1. The molecule has 94 valence electrons. The minimum Gasteiger partial charge on any atom is -0.392 e. The number of benzene rings is 1. The van der Waals surface area contributed by atoms with E-state index in [0.29, 0.717) is 21.3 Å². The number of hydrogen-bond acceptors (Lipinski definition) is 2. The maximum atomic E-state index is 13.3. The lowest BCUT2D eigenvalue weighted by molar-refractivity contribution is 0.275. The van der Waals surface area contributed by atoms with Gasteiger partial charge >= 0.3 is 0 Å². The second-order valence-electron chi connectivity index (χ2n) is 3.54. The smallest absolute Gasteiger partial charge is 0.147 e. The lowest BCUT2D eigenvalue weighted by Gasteiger charge is -2.09. The Morgan fingerprint density at radius 1 is 1.17 bits per heavy atom. The average Bonchev–Trinajstić information content (AvgIpc) is 2.36. The molecule has 18 heavy (non-hydrogen) atoms. The fourth-order valence-electron chi connectivity index (χ4n) is 1.50. The van der Waals surface area contributed by atoms with Gasteiger partial charge in [-0.15, -0.1) is 0 Å². The quantitative estimate of drug-likeness (QED) is 0.837. The molecule has 0 aliphatic rings. The van der Waals surface area contributed by atoms with E-state index >= 15 is 0 Å². The molecule has 2 rings (SSSR count). The summed E-state index contributed by atoms with van der Waals surface area (Å²) < 4.78 is 13.3. The van der Waals surface area contributed by atoms with Crippen molar-refractivity contribution in [3.63, 3.8) is 0 Å². The molecule has 1 N–H and O–H groups in total. The van der Waals surface area contributed by atoms with Crippen molar-refractivity contribution in [1.82, 2.24) is 4.98 Å². The van der Waals surface area contributed by atoms with Crippen molar-refractivity contribution >= 4 is 34.8 Å². The van der Waals surface area contributed by atoms with Crippen LogP contribution in [0.2, 0.25) is 15.1 Å². The van der Waals surface area contributed by atoms with E-state index in [4.69, 9.17) is 39.9 Å². The third-order valence-corrected chi connectivity index (χ3v) is 3.52. The first kappa shape index (κ1) is 13.6. The molecule has 0 amide bonds. The molecule has 0 saturated heterocycles. The van der Waals surface area contributed by atoms with Gasteiger partial charge < -0.3 is 5.11 Å². The summed E-state index contributed by atoms with van der Waals surface area (Å²) in [6, 6.07) is 4.53. The summed E-state index contributed by atoms with van der Waals surface area (Å²) in [5.41, 5.74) is 0.894. The van der Waals surface area contributed by atoms with Crippen LogP contribution in [0.25, 0.3) is 11.3 Å². The monoisotopic (exact) mass is 305 g/mol. The minimum absolute atomic E-state index is 0.118. The predicted octanol–water partition coefficient (Wildman–Crippen LogP) is 4.34. The largest absolute Gasteiger partial charge is 0.392 e. The fraction of sp³-hybridized carbons (Fsp3) is 0.0833. The number of pyridine rings is 1. The molecular formula is C12H7Cl3FNO. The van der Waals surface area contributed by atoms with Crippen LogP contribution in [0.1, 0.15) is 5.56 Å². The van der Waals surface area contributed by atoms with Gasteiger partial charge in [-0.2, -0.15) is 0 Å². The summed E-state index contributed by atoms with van der Waals surface area (Å²) in [7, 11) is 0. The van der Waals surface area contributed by atoms with Gasteiger partial charge in [-0.1, -0.05) is 34.8 Å². The van der Waals surface area contributed by atoms with E-state index < -0.39 is 12.4 Å². The predicted molar refractivity (Wildman–Crippen MR) is 70.6 cm³/mol. The van der Waals surface area contributed by atoms with Crippen LogP contribution in [0.15, 0.2) is 24.4 Å². The maximum Gasteiger partial charge on any atom is 0.147 e. The molecule has 0 aliphatic carbocycles. The second kappa shape index (κ2) is 5.41. The van der Waals surface area contributed by atoms with E-state index in [1.807, 2.05) is 0 Å². The summed E-state index contributed by atoms with van der Waals surface area (Å²) in [5, 5.41) is 9.95. The number of halogens is 4. The Balaban J connectivity index is 2.65. The van der Waals surface area contributed by atoms with E-state index in [-0.39, 0.29) is 10.6 Å². The molecule has 0 atom stereocenters. The highest BCUT2D eigenvalue weighted by Gasteiger charge is 2.14. The van der Waals surface area contributed by atoms with Crippen LogP contribution in [0.5, 0.6) is 0 Å². The van der Waals surface area contributed by atoms with Crippen molar-refractivity contribution in [2.45, 2.75) is 6.61 Å². The van der Waals surface area contributed by atoms with Gasteiger partial charge in [0.15, 0.2) is 0 Å². The molecule has 0 saturated carbocycles. The van der Waals surface area contributed by atoms with Gasteiger partial charge in [0.05, 0.1) is 33.6 Å². The zero-order valence-electron chi connectivity index (χ0n) is 8.92. The van der Waals surface area contributed by atoms with Gasteiger partial charge in [-0.25, -0.2) is 4.39 Å². The molecule has 1 heterocycles. The SMILES string of the molecule is OCc1cc(-c2c(Cl)ccc(Cl)c2Cl)ncc1F. The molecule has 1 aromatic heterocycles. The highest BCUT2D eigenvalue weighted by Crippen LogP contribution is 2.38. The van der Waals surface area contributed by atoms with Crippen LogP contribution in [0, 0.1) is 5.82 Å². The Morgan fingerprint density at radius 2 is 1.83 bits per heavy atom. The highest BCUT2D eigenvalue weighted by atomic mass is 35.5. The Morgan fingerprint density at radius 3 is 2.50 bits per heavy atom. The molecule has 6 heteroatoms. The molecule has 1 aromatic carbocycles. The van der Waals surface area contributed by atoms with E-state index in [1.165, 1.54) is 6.07 Å². The standard InChI is InChI=1S/C12H7Cl3FNO/c13-7-1-2-8(14)12(15)11(7)10-3-6(5-18)9(16)4-17-10/h1-4,18H,5H2. The molecule has 0 aliphatic heterocycles. The van der Waals surface area contributed by atoms with Crippen molar-refractivity contribution in [1.29, 1.82) is 0 Å². The Bertz CT molecular complexity index is 604. The molecule has 2 aromatic rings. The summed E-state index contributed by atoms with van der Waals surface area (Å²) in [5.74, 6) is -0.587. The zero-order valence-corrected chi connectivity index (χ0v) is 11.2. The van der Waals surface area contributed by atoms with Gasteiger partial charge in [0.2, 0.25) is 0 Å². The maximum absolute atomic E-state index is 13.3. The average molecular weight is 307 g/mol. The molecule has 0 spiro atoms. The van der Waals surface area contributed by atoms with Gasteiger partial charge in [0, 0.05) is 11.1 Å². The van der Waals surface area contributed by atoms with E-state index in [0.717, 1.165) is 6.20 Å². The molecule has 2 nitrogen and oxygen atoms in total. The number of aromatic nitrogens is 1. The van der Waals surface area contributed by atoms with Crippen LogP contribution in [-0.4, -0.2) is 10.1 Å². The molecule has 0 unspecified atom stereocenters. The van der Waals surface area contributed by atoms with Crippen molar-refractivity contribution in [3.8, 4) is 11.3 Å². The summed E-state index contributed by atoms with van der Waals surface area (Å²) in [6.45, 7) is -0.433. The van der Waals surface area contributed by atoms with Gasteiger partial charge in [-0.3, -0.25) is 4.98 Å². The third-order valence-electron chi connectivity index (χ3n) is 2.41. The summed E-state index contributed by atoms with van der Waals surface area (Å²) >= 11 is 18.0. The van der Waals surface area contributed by atoms with E-state index in [1.54, 1.807) is 12.1 Å². The van der Waals surface area contributed by atoms with Crippen molar-refractivity contribution in [2.75, 3.05) is 0 Å². The normalized spacial score (nSPS) is 10.7. The lowest BCUT2D eigenvalue weighted by Crippen LogP contribution is -1.95. The highest BCUT2D eigenvalue weighted by molar-refractivity contribution is 6.46. The van der Waals surface area contributed by atoms with E-state index in [2.05, 4.69) is 4.98 Å². The van der Waals surface area contributed by atoms with E-state index in [9.17, 15) is 4.39 Å². The van der Waals surface area contributed by atoms with Crippen molar-refractivity contribution in [2.24, 2.45) is 0 Å². The van der Waals surface area contributed by atoms with Gasteiger partial charge in [0.1, 0.15) is 5.82 Å². The number of aliphatic hydroxyl groups excluding tert-OH is 1. The molecule has 0 fully saturated rings. The van der Waals surface area contributed by atoms with Gasteiger partial charge in [0.25, 0.3) is 0 Å². The first-order valence-electron chi connectivity index (χ1n) is 4.93. The summed E-state index contributed by atoms with van der Waals surface area (Å²) in [6.07, 6.45) is 1.01. The minimum atomic E-state index is -0.587. The number of nitrogens with zero attached hydrogens (tertiary/aromatic N) is 1. The van der Waals surface area contributed by atoms with Crippen LogP contribution < -0.4 is 0 Å². The number of hydrogen-bond donors (Lipinski definition) is 1. The van der Waals surface area contributed by atoms with Gasteiger partial charge in [-0.05, 0) is 18.2 Å². The fourth-order valence-corrected chi connectivity index (χ4v) is 2.22. The zero-order chi connectivity index (χ0) is 13.3. The number of aliphatic hydroxyl groups is 1. The Hall–Kier alpha value is -0.870. The molecule has 0 bridgehead atoms. The first-order chi connectivity index (χ1) is 8.54. The number of rotatable bonds is 2. The van der Waals surface area contributed by atoms with Crippen LogP contribution in [0.3, 0.4) is 0 Å². The summed E-state index contributed by atoms with van der Waals surface area (Å²) in [4.78, 5) is 3.91. The molecule has 0 radical (unpaired) electrons. The third kappa shape index (κ3) is 2.45. The Kier molecular flexibility index (Phi) is 4.07. The second-order valence-corrected chi connectivity index (χ2v) is 4.73. The van der Waals surface area contributed by atoms with Crippen molar-refractivity contribution < 1.29 is 9.50 Å². The topological polar surface area (TPSA) is 33.1 Å². The van der Waals surface area contributed by atoms with Crippen molar-refractivity contribution in [3.05, 3.63) is 50.8 Å². The van der Waals surface area contributed by atoms with Crippen LogP contribution in [0.4, 0.5) is 4.39 Å². The van der Waals surface area contributed by atoms with Crippen LogP contribution >= 0.6 is 34.8 Å². The first-order valence-corrected chi connectivity index (χ1v) is 6.07.